The molecule has 3 rings (SSSR count). The third-order valence-corrected chi connectivity index (χ3v) is 4.63. The summed E-state index contributed by atoms with van der Waals surface area (Å²) < 4.78 is 4.45. The van der Waals surface area contributed by atoms with Gasteiger partial charge in [-0.3, -0.25) is 4.90 Å². The molecule has 0 N–H and O–H groups in total. The summed E-state index contributed by atoms with van der Waals surface area (Å²) in [6, 6.07) is 10.7. The van der Waals surface area contributed by atoms with Crippen LogP contribution in [-0.4, -0.2) is 40.4 Å². The van der Waals surface area contributed by atoms with Crippen molar-refractivity contribution in [3.63, 3.8) is 0 Å². The van der Waals surface area contributed by atoms with Crippen molar-refractivity contribution < 1.29 is 0 Å². The SMILES string of the molecule is CC(C)c1nsc(N2CCN(Cc3ccccc3)CC2)n1. The molecule has 21 heavy (non-hydrogen) atoms. The van der Waals surface area contributed by atoms with Gasteiger partial charge in [0.05, 0.1) is 0 Å². The molecule has 0 saturated carbocycles. The summed E-state index contributed by atoms with van der Waals surface area (Å²) in [4.78, 5) is 9.53. The minimum absolute atomic E-state index is 0.411. The minimum atomic E-state index is 0.411. The number of benzene rings is 1. The zero-order valence-electron chi connectivity index (χ0n) is 12.7. The fraction of sp³-hybridized carbons (Fsp3) is 0.500. The standard InChI is InChI=1S/C16H22N4S/c1-13(2)15-17-16(21-18-15)20-10-8-19(9-11-20)12-14-6-4-3-5-7-14/h3-7,13H,8-12H2,1-2H3. The lowest BCUT2D eigenvalue weighted by Gasteiger charge is -2.34. The van der Waals surface area contributed by atoms with E-state index >= 15 is 0 Å². The lowest BCUT2D eigenvalue weighted by molar-refractivity contribution is 0.250. The van der Waals surface area contributed by atoms with Crippen molar-refractivity contribution >= 4 is 16.7 Å². The maximum absolute atomic E-state index is 4.66. The van der Waals surface area contributed by atoms with Crippen LogP contribution in [0.3, 0.4) is 0 Å². The Balaban J connectivity index is 1.55. The van der Waals surface area contributed by atoms with Crippen LogP contribution in [0.2, 0.25) is 0 Å². The number of hydrogen-bond donors (Lipinski definition) is 0. The minimum Gasteiger partial charge on any atom is -0.344 e. The fourth-order valence-corrected chi connectivity index (χ4v) is 3.39. The van der Waals surface area contributed by atoms with Crippen molar-refractivity contribution in [2.45, 2.75) is 26.3 Å². The first-order valence-electron chi connectivity index (χ1n) is 7.57. The number of aromatic nitrogens is 2. The number of rotatable bonds is 4. The lowest BCUT2D eigenvalue weighted by Crippen LogP contribution is -2.45. The van der Waals surface area contributed by atoms with Crippen LogP contribution in [0, 0.1) is 0 Å². The summed E-state index contributed by atoms with van der Waals surface area (Å²) in [6.45, 7) is 9.59. The predicted octanol–water partition coefficient (Wildman–Crippen LogP) is 2.98. The Hall–Kier alpha value is -1.46. The Morgan fingerprint density at radius 3 is 2.43 bits per heavy atom. The molecule has 0 atom stereocenters. The molecule has 1 aliphatic heterocycles. The molecule has 1 aliphatic rings. The Morgan fingerprint density at radius 1 is 1.10 bits per heavy atom. The largest absolute Gasteiger partial charge is 0.344 e. The molecule has 0 amide bonds. The molecule has 1 fully saturated rings. The summed E-state index contributed by atoms with van der Waals surface area (Å²) in [5.74, 6) is 1.39. The first-order chi connectivity index (χ1) is 10.2. The van der Waals surface area contributed by atoms with Crippen molar-refractivity contribution in [2.24, 2.45) is 0 Å². The van der Waals surface area contributed by atoms with E-state index in [1.807, 2.05) is 0 Å². The molecule has 0 aliphatic carbocycles. The van der Waals surface area contributed by atoms with Crippen LogP contribution in [0.4, 0.5) is 5.13 Å². The van der Waals surface area contributed by atoms with Gasteiger partial charge in [0.15, 0.2) is 0 Å². The highest BCUT2D eigenvalue weighted by Gasteiger charge is 2.20. The van der Waals surface area contributed by atoms with Crippen LogP contribution in [0.25, 0.3) is 0 Å². The lowest BCUT2D eigenvalue weighted by atomic mass is 10.2. The third kappa shape index (κ3) is 3.60. The third-order valence-electron chi connectivity index (χ3n) is 3.84. The molecule has 112 valence electrons. The van der Waals surface area contributed by atoms with Crippen LogP contribution in [0.15, 0.2) is 30.3 Å². The van der Waals surface area contributed by atoms with E-state index in [4.69, 9.17) is 0 Å². The van der Waals surface area contributed by atoms with Gasteiger partial charge in [0.2, 0.25) is 5.13 Å². The van der Waals surface area contributed by atoms with Crippen LogP contribution in [0.1, 0.15) is 31.2 Å². The van der Waals surface area contributed by atoms with Gasteiger partial charge in [-0.2, -0.15) is 4.37 Å². The summed E-state index contributed by atoms with van der Waals surface area (Å²) in [5.41, 5.74) is 1.39. The van der Waals surface area contributed by atoms with E-state index in [-0.39, 0.29) is 0 Å². The predicted molar refractivity (Wildman–Crippen MR) is 87.9 cm³/mol. The number of piperazine rings is 1. The molecule has 1 saturated heterocycles. The van der Waals surface area contributed by atoms with E-state index in [2.05, 4.69) is 63.3 Å². The van der Waals surface area contributed by atoms with Crippen molar-refractivity contribution in [1.82, 2.24) is 14.3 Å². The molecule has 0 spiro atoms. The Bertz CT molecular complexity index is 559. The van der Waals surface area contributed by atoms with Crippen LogP contribution in [-0.2, 0) is 6.54 Å². The molecule has 0 unspecified atom stereocenters. The molecule has 5 heteroatoms. The smallest absolute Gasteiger partial charge is 0.205 e. The van der Waals surface area contributed by atoms with Crippen molar-refractivity contribution in [3.8, 4) is 0 Å². The van der Waals surface area contributed by atoms with E-state index in [1.54, 1.807) is 0 Å². The van der Waals surface area contributed by atoms with Gasteiger partial charge in [0.1, 0.15) is 5.82 Å². The average Bonchev–Trinajstić information content (AvgIpc) is 2.99. The average molecular weight is 302 g/mol. The van der Waals surface area contributed by atoms with Gasteiger partial charge in [-0.25, -0.2) is 4.98 Å². The first-order valence-corrected chi connectivity index (χ1v) is 8.34. The number of nitrogens with zero attached hydrogens (tertiary/aromatic N) is 4. The number of anilines is 1. The van der Waals surface area contributed by atoms with Crippen LogP contribution < -0.4 is 4.90 Å². The van der Waals surface area contributed by atoms with Gasteiger partial charge >= 0.3 is 0 Å². The van der Waals surface area contributed by atoms with Gasteiger partial charge < -0.3 is 4.90 Å². The molecule has 1 aromatic carbocycles. The molecule has 0 bridgehead atoms. The summed E-state index contributed by atoms with van der Waals surface area (Å²) in [7, 11) is 0. The molecule has 0 radical (unpaired) electrons. The van der Waals surface area contributed by atoms with Gasteiger partial charge in [-0.15, -0.1) is 0 Å². The van der Waals surface area contributed by atoms with Crippen molar-refractivity contribution in [3.05, 3.63) is 41.7 Å². The second-order valence-electron chi connectivity index (χ2n) is 5.84. The van der Waals surface area contributed by atoms with E-state index in [9.17, 15) is 0 Å². The highest BCUT2D eigenvalue weighted by Crippen LogP contribution is 2.22. The van der Waals surface area contributed by atoms with Gasteiger partial charge in [-0.05, 0) is 5.56 Å². The Labute approximate surface area is 130 Å². The normalized spacial score (nSPS) is 16.6. The summed E-state index contributed by atoms with van der Waals surface area (Å²) >= 11 is 1.54. The zero-order chi connectivity index (χ0) is 14.7. The van der Waals surface area contributed by atoms with E-state index in [1.165, 1.54) is 17.1 Å². The quantitative estimate of drug-likeness (QED) is 0.869. The highest BCUT2D eigenvalue weighted by atomic mass is 32.1. The second kappa shape index (κ2) is 6.54. The van der Waals surface area contributed by atoms with Gasteiger partial charge in [-0.1, -0.05) is 44.2 Å². The molecule has 2 heterocycles. The molecule has 2 aromatic rings. The molecule has 4 nitrogen and oxygen atoms in total. The van der Waals surface area contributed by atoms with Gasteiger partial charge in [0, 0.05) is 50.2 Å². The Kier molecular flexibility index (Phi) is 4.51. The summed E-state index contributed by atoms with van der Waals surface area (Å²) in [5, 5.41) is 1.08. The van der Waals surface area contributed by atoms with E-state index < -0.39 is 0 Å². The molecule has 1 aromatic heterocycles. The van der Waals surface area contributed by atoms with E-state index in [0.717, 1.165) is 43.7 Å². The highest BCUT2D eigenvalue weighted by molar-refractivity contribution is 7.09. The molecular weight excluding hydrogens is 280 g/mol. The summed E-state index contributed by atoms with van der Waals surface area (Å²) in [6.07, 6.45) is 0. The zero-order valence-corrected chi connectivity index (χ0v) is 13.5. The van der Waals surface area contributed by atoms with E-state index in [0.29, 0.717) is 5.92 Å². The van der Waals surface area contributed by atoms with Gasteiger partial charge in [0.25, 0.3) is 0 Å². The monoisotopic (exact) mass is 302 g/mol. The second-order valence-corrected chi connectivity index (χ2v) is 6.57. The van der Waals surface area contributed by atoms with Crippen LogP contribution in [0.5, 0.6) is 0 Å². The fourth-order valence-electron chi connectivity index (χ4n) is 2.53. The topological polar surface area (TPSA) is 32.3 Å². The maximum atomic E-state index is 4.66. The Morgan fingerprint density at radius 2 is 1.81 bits per heavy atom. The van der Waals surface area contributed by atoms with Crippen molar-refractivity contribution in [1.29, 1.82) is 0 Å². The number of hydrogen-bond acceptors (Lipinski definition) is 5. The maximum Gasteiger partial charge on any atom is 0.205 e. The molecular formula is C16H22N4S. The van der Waals surface area contributed by atoms with Crippen molar-refractivity contribution in [2.75, 3.05) is 31.1 Å². The van der Waals surface area contributed by atoms with Crippen LogP contribution >= 0.6 is 11.5 Å². The first kappa shape index (κ1) is 14.5.